The molecule has 4 nitrogen and oxygen atoms in total. The topological polar surface area (TPSA) is 45.7 Å². The van der Waals surface area contributed by atoms with Crippen LogP contribution in [0.4, 0.5) is 0 Å². The number of nitrogens with zero attached hydrogens (tertiary/aromatic N) is 1. The fourth-order valence-corrected chi connectivity index (χ4v) is 1.88. The first kappa shape index (κ1) is 17.5. The van der Waals surface area contributed by atoms with Gasteiger partial charge < -0.3 is 15.4 Å². The van der Waals surface area contributed by atoms with Crippen molar-refractivity contribution >= 4 is 5.96 Å². The van der Waals surface area contributed by atoms with Gasteiger partial charge in [0.1, 0.15) is 0 Å². The summed E-state index contributed by atoms with van der Waals surface area (Å²) in [5, 5.41) is 6.56. The van der Waals surface area contributed by atoms with Gasteiger partial charge in [0.25, 0.3) is 0 Å². The molecule has 0 aliphatic rings. The number of ether oxygens (including phenoxy) is 1. The minimum atomic E-state index is 0.785. The van der Waals surface area contributed by atoms with Crippen LogP contribution in [0.2, 0.25) is 0 Å². The molecular formula is C17H29N3O. The Hall–Kier alpha value is -1.55. The van der Waals surface area contributed by atoms with Crippen molar-refractivity contribution in [2.75, 3.05) is 32.8 Å². The fraction of sp³-hybridized carbons (Fsp3) is 0.588. The Morgan fingerprint density at radius 1 is 1.10 bits per heavy atom. The molecular weight excluding hydrogens is 262 g/mol. The molecule has 0 aliphatic heterocycles. The monoisotopic (exact) mass is 291 g/mol. The summed E-state index contributed by atoms with van der Waals surface area (Å²) in [5.74, 6) is 0.906. The largest absolute Gasteiger partial charge is 0.381 e. The van der Waals surface area contributed by atoms with Crippen LogP contribution in [0, 0.1) is 0 Å². The minimum absolute atomic E-state index is 0.785. The van der Waals surface area contributed by atoms with Crippen molar-refractivity contribution in [3.63, 3.8) is 0 Å². The van der Waals surface area contributed by atoms with Crippen molar-refractivity contribution < 1.29 is 4.74 Å². The maximum Gasteiger partial charge on any atom is 0.191 e. The number of hydrogen-bond donors (Lipinski definition) is 2. The van der Waals surface area contributed by atoms with Crippen LogP contribution in [0.25, 0.3) is 0 Å². The lowest BCUT2D eigenvalue weighted by molar-refractivity contribution is 0.135. The second kappa shape index (κ2) is 12.2. The molecule has 0 aliphatic carbocycles. The number of aliphatic imine (C=N–C) groups is 1. The smallest absolute Gasteiger partial charge is 0.191 e. The molecule has 0 spiro atoms. The van der Waals surface area contributed by atoms with E-state index in [1.54, 1.807) is 0 Å². The van der Waals surface area contributed by atoms with Crippen LogP contribution in [-0.4, -0.2) is 38.8 Å². The van der Waals surface area contributed by atoms with E-state index in [1.165, 1.54) is 5.56 Å². The Bertz CT molecular complexity index is 379. The molecule has 118 valence electrons. The SMILES string of the molecule is CCCN=C(NCC)NCCCOCCc1ccccc1. The molecule has 1 aromatic rings. The summed E-state index contributed by atoms with van der Waals surface area (Å²) in [6, 6.07) is 10.4. The van der Waals surface area contributed by atoms with Gasteiger partial charge >= 0.3 is 0 Å². The third-order valence-corrected chi connectivity index (χ3v) is 2.97. The third-order valence-electron chi connectivity index (χ3n) is 2.97. The van der Waals surface area contributed by atoms with Gasteiger partial charge in [0.2, 0.25) is 0 Å². The lowest BCUT2D eigenvalue weighted by atomic mass is 10.2. The summed E-state index contributed by atoms with van der Waals surface area (Å²) in [6.45, 7) is 8.43. The van der Waals surface area contributed by atoms with Gasteiger partial charge in [0.05, 0.1) is 6.61 Å². The molecule has 0 radical (unpaired) electrons. The van der Waals surface area contributed by atoms with Crippen LogP contribution in [0.5, 0.6) is 0 Å². The van der Waals surface area contributed by atoms with E-state index in [-0.39, 0.29) is 0 Å². The Morgan fingerprint density at radius 3 is 2.62 bits per heavy atom. The molecule has 0 saturated carbocycles. The molecule has 1 rings (SSSR count). The van der Waals surface area contributed by atoms with Crippen molar-refractivity contribution in [3.05, 3.63) is 35.9 Å². The third kappa shape index (κ3) is 9.08. The lowest BCUT2D eigenvalue weighted by Gasteiger charge is -2.11. The Balaban J connectivity index is 2.03. The summed E-state index contributed by atoms with van der Waals surface area (Å²) in [6.07, 6.45) is 3.04. The second-order valence-electron chi connectivity index (χ2n) is 4.89. The molecule has 0 heterocycles. The summed E-state index contributed by atoms with van der Waals surface area (Å²) in [7, 11) is 0. The van der Waals surface area contributed by atoms with Crippen LogP contribution in [-0.2, 0) is 11.2 Å². The van der Waals surface area contributed by atoms with E-state index in [9.17, 15) is 0 Å². The zero-order valence-corrected chi connectivity index (χ0v) is 13.4. The second-order valence-corrected chi connectivity index (χ2v) is 4.89. The number of hydrogen-bond acceptors (Lipinski definition) is 2. The Morgan fingerprint density at radius 2 is 1.90 bits per heavy atom. The molecule has 0 unspecified atom stereocenters. The predicted octanol–water partition coefficient (Wildman–Crippen LogP) is 2.60. The molecule has 0 fully saturated rings. The highest BCUT2D eigenvalue weighted by molar-refractivity contribution is 5.79. The van der Waals surface area contributed by atoms with E-state index < -0.39 is 0 Å². The first-order valence-electron chi connectivity index (χ1n) is 8.00. The molecule has 0 atom stereocenters. The molecule has 0 saturated heterocycles. The number of benzene rings is 1. The first-order valence-corrected chi connectivity index (χ1v) is 8.00. The summed E-state index contributed by atoms with van der Waals surface area (Å²) < 4.78 is 5.66. The van der Waals surface area contributed by atoms with Gasteiger partial charge in [-0.25, -0.2) is 0 Å². The van der Waals surface area contributed by atoms with Crippen LogP contribution in [0.3, 0.4) is 0 Å². The van der Waals surface area contributed by atoms with E-state index in [0.29, 0.717) is 0 Å². The van der Waals surface area contributed by atoms with Gasteiger partial charge in [0.15, 0.2) is 5.96 Å². The van der Waals surface area contributed by atoms with Gasteiger partial charge in [-0.3, -0.25) is 4.99 Å². The molecule has 4 heteroatoms. The highest BCUT2D eigenvalue weighted by Crippen LogP contribution is 1.99. The van der Waals surface area contributed by atoms with E-state index in [4.69, 9.17) is 4.74 Å². The Labute approximate surface area is 129 Å². The van der Waals surface area contributed by atoms with Crippen molar-refractivity contribution in [1.29, 1.82) is 0 Å². The van der Waals surface area contributed by atoms with Crippen LogP contribution >= 0.6 is 0 Å². The molecule has 0 amide bonds. The Kier molecular flexibility index (Phi) is 10.2. The average Bonchev–Trinajstić information content (AvgIpc) is 2.52. The summed E-state index contributed by atoms with van der Waals surface area (Å²) >= 11 is 0. The quantitative estimate of drug-likeness (QED) is 0.396. The maximum atomic E-state index is 5.66. The summed E-state index contributed by atoms with van der Waals surface area (Å²) in [4.78, 5) is 4.46. The van der Waals surface area contributed by atoms with Crippen molar-refractivity contribution in [3.8, 4) is 0 Å². The van der Waals surface area contributed by atoms with Crippen LogP contribution < -0.4 is 10.6 Å². The normalized spacial score (nSPS) is 11.4. The number of rotatable bonds is 10. The minimum Gasteiger partial charge on any atom is -0.381 e. The predicted molar refractivity (Wildman–Crippen MR) is 89.9 cm³/mol. The van der Waals surface area contributed by atoms with Crippen molar-refractivity contribution in [2.45, 2.75) is 33.1 Å². The van der Waals surface area contributed by atoms with Gasteiger partial charge in [-0.05, 0) is 31.7 Å². The van der Waals surface area contributed by atoms with Gasteiger partial charge in [0, 0.05) is 26.2 Å². The lowest BCUT2D eigenvalue weighted by Crippen LogP contribution is -2.38. The molecule has 2 N–H and O–H groups in total. The van der Waals surface area contributed by atoms with Gasteiger partial charge in [-0.15, -0.1) is 0 Å². The standard InChI is InChI=1S/C17H29N3O/c1-3-12-19-17(18-4-2)20-13-8-14-21-15-11-16-9-6-5-7-10-16/h5-7,9-10H,3-4,8,11-15H2,1-2H3,(H2,18,19,20). The van der Waals surface area contributed by atoms with Crippen molar-refractivity contribution in [2.24, 2.45) is 4.99 Å². The maximum absolute atomic E-state index is 5.66. The van der Waals surface area contributed by atoms with Crippen LogP contribution in [0.15, 0.2) is 35.3 Å². The average molecular weight is 291 g/mol. The first-order chi connectivity index (χ1) is 10.4. The highest BCUT2D eigenvalue weighted by Gasteiger charge is 1.96. The summed E-state index contributed by atoms with van der Waals surface area (Å²) in [5.41, 5.74) is 1.33. The molecule has 21 heavy (non-hydrogen) atoms. The van der Waals surface area contributed by atoms with Crippen molar-refractivity contribution in [1.82, 2.24) is 10.6 Å². The highest BCUT2D eigenvalue weighted by atomic mass is 16.5. The van der Waals surface area contributed by atoms with E-state index in [0.717, 1.165) is 58.1 Å². The molecule has 0 bridgehead atoms. The van der Waals surface area contributed by atoms with Crippen LogP contribution in [0.1, 0.15) is 32.3 Å². The number of guanidine groups is 1. The van der Waals surface area contributed by atoms with E-state index in [1.807, 2.05) is 6.07 Å². The number of nitrogens with one attached hydrogen (secondary N) is 2. The van der Waals surface area contributed by atoms with E-state index >= 15 is 0 Å². The van der Waals surface area contributed by atoms with E-state index in [2.05, 4.69) is 53.7 Å². The molecule has 1 aromatic carbocycles. The zero-order chi connectivity index (χ0) is 15.2. The van der Waals surface area contributed by atoms with Gasteiger partial charge in [-0.1, -0.05) is 37.3 Å². The van der Waals surface area contributed by atoms with Gasteiger partial charge in [-0.2, -0.15) is 0 Å². The fourth-order valence-electron chi connectivity index (χ4n) is 1.88. The molecule has 0 aromatic heterocycles. The zero-order valence-electron chi connectivity index (χ0n) is 13.4.